The number of primary amides is 1. The molecule has 1 aliphatic heterocycles. The molecule has 1 heterocycles. The first-order chi connectivity index (χ1) is 47.9. The van der Waals surface area contributed by atoms with E-state index < -0.39 is 84.2 Å². The van der Waals surface area contributed by atoms with Gasteiger partial charge in [-0.2, -0.15) is 0 Å². The van der Waals surface area contributed by atoms with Crippen molar-refractivity contribution in [1.82, 2.24) is 25.3 Å². The third kappa shape index (κ3) is 30.1. The molecule has 0 bridgehead atoms. The number of Topliss-reactive ketones (excluding diaryl/α,β-unsaturated/α-hetero) is 5. The van der Waals surface area contributed by atoms with Gasteiger partial charge in [-0.1, -0.05) is 125 Å². The molecule has 2 aromatic rings. The normalized spacial score (nSPS) is 16.4. The fourth-order valence-electron chi connectivity index (χ4n) is 13.4. The molecule has 3 rings (SSSR count). The van der Waals surface area contributed by atoms with E-state index in [1.54, 1.807) is 62.1 Å². The number of aliphatic hydroxyl groups is 1. The van der Waals surface area contributed by atoms with Gasteiger partial charge in [0.1, 0.15) is 30.6 Å². The number of hydrogen-bond acceptors (Lipinski definition) is 18. The fourth-order valence-corrected chi connectivity index (χ4v) is 13.4. The minimum absolute atomic E-state index is 0.0152. The smallest absolute Gasteiger partial charge is 0.410 e. The van der Waals surface area contributed by atoms with Gasteiger partial charge in [0.2, 0.25) is 23.6 Å². The molecule has 568 valence electrons. The number of carbonyl (C=O) groups is 11. The number of ether oxygens (including phenoxy) is 5. The summed E-state index contributed by atoms with van der Waals surface area (Å²) in [6.45, 7) is 19.3. The standard InChI is InChI=1S/C76H122N8O17/c1-15-51(8)70(65(97-13)44-67(91)84-37-23-31-61(84)72(98-14)53(10)62(87)41-52(9)71(92)55-25-18-16-19-26-55)82(11)74(94)60(48(2)3)43-64(89)69(50(6)7)83(12)76(96)101-46-54-32-34-57(35-33-54)80-73(93)56(27-22-36-79-75(78)95)42-63(88)68(49(4)5)81-66(90)47-100-40-39-99-38-24-30-58(85)28-20-17-21-29-59(86)45-77/h16,18-19,25-26,32-35,48-53,56,60-61,65,68-72,92H,15,17,20-24,27-31,36-47,77H2,1-14H3,(H,80,93)(H,81,90)(H3,78,79,95)/t51-,52-,53-,56-,60+,61-,65+,68-,69?,70-,71+,72+/m0/s1. The predicted octanol–water partition coefficient (Wildman–Crippen LogP) is 8.72. The van der Waals surface area contributed by atoms with Crippen molar-refractivity contribution >= 4 is 70.4 Å². The number of unbranched alkanes of at least 4 members (excludes halogenated alkanes) is 2. The zero-order valence-electron chi connectivity index (χ0n) is 62.8. The zero-order chi connectivity index (χ0) is 75.5. The van der Waals surface area contributed by atoms with E-state index in [-0.39, 0.29) is 142 Å². The summed E-state index contributed by atoms with van der Waals surface area (Å²) in [5, 5.41) is 19.1. The Morgan fingerprint density at radius 1 is 0.683 bits per heavy atom. The highest BCUT2D eigenvalue weighted by Gasteiger charge is 2.44. The van der Waals surface area contributed by atoms with Crippen molar-refractivity contribution < 1.29 is 81.5 Å². The highest BCUT2D eigenvalue weighted by molar-refractivity contribution is 5.98. The number of nitrogens with two attached hydrogens (primary N) is 2. The number of urea groups is 1. The second-order valence-corrected chi connectivity index (χ2v) is 28.4. The van der Waals surface area contributed by atoms with E-state index >= 15 is 0 Å². The van der Waals surface area contributed by atoms with Crippen molar-refractivity contribution in [2.24, 2.45) is 58.8 Å². The van der Waals surface area contributed by atoms with E-state index in [0.717, 1.165) is 24.8 Å². The topological polar surface area (TPSA) is 352 Å². The third-order valence-corrected chi connectivity index (χ3v) is 19.5. The lowest BCUT2D eigenvalue weighted by atomic mass is 9.83. The van der Waals surface area contributed by atoms with Crippen molar-refractivity contribution in [3.8, 4) is 0 Å². The van der Waals surface area contributed by atoms with E-state index in [1.807, 2.05) is 85.7 Å². The number of amides is 7. The maximum atomic E-state index is 14.9. The first kappa shape index (κ1) is 88.2. The van der Waals surface area contributed by atoms with Crippen molar-refractivity contribution in [2.45, 2.75) is 221 Å². The Labute approximate surface area is 600 Å². The molecule has 1 unspecified atom stereocenters. The predicted molar refractivity (Wildman–Crippen MR) is 386 cm³/mol. The molecule has 25 nitrogen and oxygen atoms in total. The number of rotatable bonds is 51. The summed E-state index contributed by atoms with van der Waals surface area (Å²) in [7, 11) is 6.23. The summed E-state index contributed by atoms with van der Waals surface area (Å²) in [6.07, 6.45) is 3.21. The number of aliphatic hydroxyl groups excluding tert-OH is 1. The number of nitrogens with zero attached hydrogens (tertiary/aromatic N) is 3. The van der Waals surface area contributed by atoms with Crippen LogP contribution >= 0.6 is 0 Å². The van der Waals surface area contributed by atoms with Crippen LogP contribution in [0.5, 0.6) is 0 Å². The highest BCUT2D eigenvalue weighted by Crippen LogP contribution is 2.34. The molecule has 8 N–H and O–H groups in total. The van der Waals surface area contributed by atoms with Gasteiger partial charge in [0.25, 0.3) is 0 Å². The lowest BCUT2D eigenvalue weighted by molar-refractivity contribution is -0.149. The summed E-state index contributed by atoms with van der Waals surface area (Å²) >= 11 is 0. The lowest BCUT2D eigenvalue weighted by Crippen LogP contribution is -2.54. The van der Waals surface area contributed by atoms with Crippen LogP contribution in [0, 0.1) is 47.3 Å². The van der Waals surface area contributed by atoms with Gasteiger partial charge in [0.05, 0.1) is 68.7 Å². The molecule has 0 saturated carbocycles. The molecule has 0 aliphatic carbocycles. The van der Waals surface area contributed by atoms with E-state index in [2.05, 4.69) is 16.0 Å². The van der Waals surface area contributed by atoms with Gasteiger partial charge in [-0.15, -0.1) is 0 Å². The van der Waals surface area contributed by atoms with Crippen molar-refractivity contribution in [2.75, 3.05) is 79.7 Å². The van der Waals surface area contributed by atoms with Crippen LogP contribution in [0.15, 0.2) is 54.6 Å². The van der Waals surface area contributed by atoms with E-state index in [1.165, 1.54) is 19.1 Å². The SMILES string of the molecule is CC[C@H](C)[C@@H]([C@@H](CC(=O)N1CCC[C@H]1[C@H](OC)[C@@H](C)C(=O)C[C@H](C)[C@@H](O)c1ccccc1)OC)N(C)C(=O)[C@H](CC(=O)C(C(C)C)N(C)C(=O)OCc1ccc(NC(=O)[C@@H](CCCNC(N)=O)CC(=O)[C@@H](NC(=O)COCCOCCCC(=O)CCCCCC(=O)CN)C(C)C)cc1)C(C)C. The maximum absolute atomic E-state index is 14.9. The van der Waals surface area contributed by atoms with Crippen LogP contribution in [0.25, 0.3) is 0 Å². The average Bonchev–Trinajstić information content (AvgIpc) is 1.80. The molecule has 0 aromatic heterocycles. The van der Waals surface area contributed by atoms with Gasteiger partial charge >= 0.3 is 12.1 Å². The van der Waals surface area contributed by atoms with E-state index in [9.17, 15) is 57.8 Å². The molecular weight excluding hydrogens is 1300 g/mol. The molecule has 7 amide bonds. The third-order valence-electron chi connectivity index (χ3n) is 19.5. The molecule has 101 heavy (non-hydrogen) atoms. The fraction of sp³-hybridized carbons (Fsp3) is 0.697. The van der Waals surface area contributed by atoms with Crippen LogP contribution in [0.4, 0.5) is 15.3 Å². The Morgan fingerprint density at radius 2 is 1.33 bits per heavy atom. The summed E-state index contributed by atoms with van der Waals surface area (Å²) in [5.74, 6) is -5.96. The largest absolute Gasteiger partial charge is 0.445 e. The molecule has 2 aromatic carbocycles. The molecule has 25 heteroatoms. The Bertz CT molecular complexity index is 2910. The first-order valence-corrected chi connectivity index (χ1v) is 36.4. The number of likely N-dealkylation sites (tertiary alicyclic amines) is 1. The summed E-state index contributed by atoms with van der Waals surface area (Å²) in [5.41, 5.74) is 12.3. The Balaban J connectivity index is 1.62. The number of methoxy groups -OCH3 is 2. The quantitative estimate of drug-likeness (QED) is 0.0337. The molecule has 12 atom stereocenters. The van der Waals surface area contributed by atoms with Crippen LogP contribution in [0.3, 0.4) is 0 Å². The van der Waals surface area contributed by atoms with Gasteiger partial charge in [0, 0.05) is 110 Å². The molecular formula is C76H122N8O17. The number of likely N-dealkylation sites (N-methyl/N-ethyl adjacent to an activating group) is 2. The van der Waals surface area contributed by atoms with Crippen molar-refractivity contribution in [3.05, 3.63) is 65.7 Å². The van der Waals surface area contributed by atoms with Crippen LogP contribution < -0.4 is 27.4 Å². The van der Waals surface area contributed by atoms with Gasteiger partial charge in [0.15, 0.2) is 11.6 Å². The number of benzene rings is 2. The van der Waals surface area contributed by atoms with Gasteiger partial charge in [-0.05, 0) is 97.8 Å². The van der Waals surface area contributed by atoms with Gasteiger partial charge in [-0.25, -0.2) is 9.59 Å². The minimum Gasteiger partial charge on any atom is -0.445 e. The Kier molecular flexibility index (Phi) is 40.6. The van der Waals surface area contributed by atoms with Gasteiger partial charge < -0.3 is 70.9 Å². The summed E-state index contributed by atoms with van der Waals surface area (Å²) in [4.78, 5) is 152. The van der Waals surface area contributed by atoms with E-state index in [4.69, 9.17) is 35.2 Å². The molecule has 1 aliphatic rings. The molecule has 1 fully saturated rings. The molecule has 1 saturated heterocycles. The van der Waals surface area contributed by atoms with Crippen LogP contribution in [0.2, 0.25) is 0 Å². The van der Waals surface area contributed by atoms with Gasteiger partial charge in [-0.3, -0.25) is 43.2 Å². The second-order valence-electron chi connectivity index (χ2n) is 28.4. The minimum atomic E-state index is -0.971. The number of nitrogens with one attached hydrogen (secondary N) is 3. The number of carbonyl (C=O) groups excluding carboxylic acids is 11. The highest BCUT2D eigenvalue weighted by atomic mass is 16.6. The summed E-state index contributed by atoms with van der Waals surface area (Å²) < 4.78 is 28.9. The number of hydrogen-bond donors (Lipinski definition) is 6. The monoisotopic (exact) mass is 1420 g/mol. The number of anilines is 1. The van der Waals surface area contributed by atoms with Crippen molar-refractivity contribution in [3.63, 3.8) is 0 Å². The van der Waals surface area contributed by atoms with Crippen LogP contribution in [-0.4, -0.2) is 195 Å². The zero-order valence-corrected chi connectivity index (χ0v) is 62.8. The average molecular weight is 1420 g/mol. The van der Waals surface area contributed by atoms with Crippen LogP contribution in [0.1, 0.15) is 189 Å². The van der Waals surface area contributed by atoms with E-state index in [0.29, 0.717) is 75.8 Å². The second kappa shape index (κ2) is 46.6. The molecule has 0 spiro atoms. The van der Waals surface area contributed by atoms with Crippen molar-refractivity contribution in [1.29, 1.82) is 0 Å². The Hall–Kier alpha value is -7.03. The summed E-state index contributed by atoms with van der Waals surface area (Å²) in [6, 6.07) is 12.1. The molecule has 0 radical (unpaired) electrons. The lowest BCUT2D eigenvalue weighted by Gasteiger charge is -2.41. The number of ketones is 5. The van der Waals surface area contributed by atoms with Crippen LogP contribution in [-0.2, 0) is 73.4 Å². The first-order valence-electron chi connectivity index (χ1n) is 36.4. The Morgan fingerprint density at radius 3 is 1.92 bits per heavy atom. The maximum Gasteiger partial charge on any atom is 0.410 e.